The fourth-order valence-electron chi connectivity index (χ4n) is 3.50. The van der Waals surface area contributed by atoms with Gasteiger partial charge in [0, 0.05) is 54.3 Å². The molecule has 4 rings (SSSR count). The van der Waals surface area contributed by atoms with E-state index in [9.17, 15) is 4.79 Å². The van der Waals surface area contributed by atoms with Crippen molar-refractivity contribution in [3.63, 3.8) is 0 Å². The number of rotatable bonds is 6. The molecule has 2 aromatic heterocycles. The summed E-state index contributed by atoms with van der Waals surface area (Å²) in [5.41, 5.74) is 3.41. The minimum absolute atomic E-state index is 0.225. The summed E-state index contributed by atoms with van der Waals surface area (Å²) in [5, 5.41) is 15.7. The zero-order valence-electron chi connectivity index (χ0n) is 19.1. The van der Waals surface area contributed by atoms with Crippen LogP contribution in [0, 0.1) is 12.3 Å². The van der Waals surface area contributed by atoms with Crippen LogP contribution < -0.4 is 5.32 Å². The van der Waals surface area contributed by atoms with E-state index >= 15 is 0 Å². The molecule has 1 fully saturated rings. The van der Waals surface area contributed by atoms with Crippen molar-refractivity contribution in [2.24, 2.45) is 0 Å². The topological polar surface area (TPSA) is 108 Å². The molecule has 2 N–H and O–H groups in total. The highest BCUT2D eigenvalue weighted by molar-refractivity contribution is 6.31. The lowest BCUT2D eigenvalue weighted by molar-refractivity contribution is -0.119. The second-order valence-electron chi connectivity index (χ2n) is 8.19. The van der Waals surface area contributed by atoms with Crippen LogP contribution >= 0.6 is 11.6 Å². The summed E-state index contributed by atoms with van der Waals surface area (Å²) in [6.07, 6.45) is 5.65. The van der Waals surface area contributed by atoms with Crippen LogP contribution in [0.3, 0.4) is 0 Å². The van der Waals surface area contributed by atoms with Crippen molar-refractivity contribution >= 4 is 29.9 Å². The first-order chi connectivity index (χ1) is 15.9. The molecule has 1 aliphatic rings. The maximum absolute atomic E-state index is 10.8. The summed E-state index contributed by atoms with van der Waals surface area (Å²) in [6, 6.07) is 9.60. The van der Waals surface area contributed by atoms with Gasteiger partial charge in [0.15, 0.2) is 5.82 Å². The Bertz CT molecular complexity index is 1060. The van der Waals surface area contributed by atoms with Crippen LogP contribution in [0.2, 0.25) is 5.02 Å². The van der Waals surface area contributed by atoms with E-state index in [1.807, 2.05) is 37.3 Å². The normalized spacial score (nSPS) is 13.9. The molecule has 1 amide bonds. The number of likely N-dealkylation sites (tertiary alicyclic amines) is 1. The molecular formula is C24H29ClN6O2. The van der Waals surface area contributed by atoms with Gasteiger partial charge < -0.3 is 20.1 Å². The summed E-state index contributed by atoms with van der Waals surface area (Å²) in [4.78, 5) is 21.1. The Labute approximate surface area is 198 Å². The Morgan fingerprint density at radius 3 is 2.61 bits per heavy atom. The average molecular weight is 469 g/mol. The summed E-state index contributed by atoms with van der Waals surface area (Å²) < 4.78 is 5.46. The molecule has 0 unspecified atom stereocenters. The van der Waals surface area contributed by atoms with E-state index in [2.05, 4.69) is 34.3 Å². The minimum Gasteiger partial charge on any atom is -0.382 e. The predicted octanol–water partition coefficient (Wildman–Crippen LogP) is 4.93. The van der Waals surface area contributed by atoms with Gasteiger partial charge in [0.25, 0.3) is 5.89 Å². The first-order valence-electron chi connectivity index (χ1n) is 10.9. The molecule has 8 nitrogen and oxygen atoms in total. The number of carbonyl (C=O) groups is 1. The highest BCUT2D eigenvalue weighted by atomic mass is 35.5. The van der Waals surface area contributed by atoms with E-state index in [1.165, 1.54) is 6.21 Å². The Balaban J connectivity index is 0.000000323. The van der Waals surface area contributed by atoms with E-state index in [1.54, 1.807) is 11.1 Å². The number of amides is 1. The summed E-state index contributed by atoms with van der Waals surface area (Å²) in [5.74, 6) is 1.41. The quantitative estimate of drug-likeness (QED) is 0.392. The molecule has 1 aliphatic heterocycles. The van der Waals surface area contributed by atoms with Crippen molar-refractivity contribution in [3.8, 4) is 11.5 Å². The average Bonchev–Trinajstić information content (AvgIpc) is 3.31. The Morgan fingerprint density at radius 2 is 2.03 bits per heavy atom. The molecular weight excluding hydrogens is 440 g/mol. The standard InChI is InChI=1S/C18H23N5O2.C6H6ClN/c1-12(2)20-16-9-14(3-4-15(16)10-19)18-21-17(22-25-18)13-5-7-23(11-24)8-6-13;1-5-6(7)3-2-4-8-5/h3-4,9-13,19-20H,5-8H2,1-2H3;2-4H,1H3. The second-order valence-corrected chi connectivity index (χ2v) is 8.60. The molecule has 33 heavy (non-hydrogen) atoms. The van der Waals surface area contributed by atoms with E-state index in [0.717, 1.165) is 59.9 Å². The number of nitrogens with one attached hydrogen (secondary N) is 2. The van der Waals surface area contributed by atoms with Crippen LogP contribution in [0.4, 0.5) is 5.69 Å². The van der Waals surface area contributed by atoms with Crippen LogP contribution in [0.1, 0.15) is 49.7 Å². The number of piperidine rings is 1. The van der Waals surface area contributed by atoms with E-state index in [4.69, 9.17) is 21.5 Å². The van der Waals surface area contributed by atoms with Gasteiger partial charge in [0.05, 0.1) is 10.7 Å². The molecule has 0 bridgehead atoms. The third kappa shape index (κ3) is 6.61. The second kappa shape index (κ2) is 11.6. The fourth-order valence-corrected chi connectivity index (χ4v) is 3.62. The van der Waals surface area contributed by atoms with Crippen molar-refractivity contribution in [3.05, 3.63) is 58.6 Å². The number of benzene rings is 1. The molecule has 3 aromatic rings. The maximum atomic E-state index is 10.8. The number of hydrogen-bond donors (Lipinski definition) is 2. The van der Waals surface area contributed by atoms with E-state index in [-0.39, 0.29) is 12.0 Å². The SMILES string of the molecule is CC(C)Nc1cc(-c2nc(C3CCN(C=O)CC3)no2)ccc1C=N.Cc1ncccc1Cl. The van der Waals surface area contributed by atoms with Crippen LogP contribution in [-0.4, -0.2) is 51.8 Å². The van der Waals surface area contributed by atoms with Crippen molar-refractivity contribution in [2.45, 2.75) is 45.6 Å². The molecule has 0 radical (unpaired) electrons. The molecule has 3 heterocycles. The van der Waals surface area contributed by atoms with Crippen LogP contribution in [-0.2, 0) is 4.79 Å². The van der Waals surface area contributed by atoms with Crippen LogP contribution in [0.25, 0.3) is 11.5 Å². The molecule has 1 saturated heterocycles. The summed E-state index contributed by atoms with van der Waals surface area (Å²) in [7, 11) is 0. The maximum Gasteiger partial charge on any atom is 0.258 e. The lowest BCUT2D eigenvalue weighted by Crippen LogP contribution is -2.31. The number of aromatic nitrogens is 3. The van der Waals surface area contributed by atoms with Gasteiger partial charge in [-0.1, -0.05) is 22.8 Å². The molecule has 1 aromatic carbocycles. The molecule has 0 saturated carbocycles. The van der Waals surface area contributed by atoms with Gasteiger partial charge in [0.1, 0.15) is 0 Å². The number of halogens is 1. The van der Waals surface area contributed by atoms with Crippen molar-refractivity contribution in [2.75, 3.05) is 18.4 Å². The fraction of sp³-hybridized carbons (Fsp3) is 0.375. The van der Waals surface area contributed by atoms with Gasteiger partial charge >= 0.3 is 0 Å². The number of pyridine rings is 1. The number of hydrogen-bond acceptors (Lipinski definition) is 7. The Kier molecular flexibility index (Phi) is 8.54. The van der Waals surface area contributed by atoms with Crippen molar-refractivity contribution < 1.29 is 9.32 Å². The lowest BCUT2D eigenvalue weighted by atomic mass is 9.96. The Morgan fingerprint density at radius 1 is 1.27 bits per heavy atom. The highest BCUT2D eigenvalue weighted by Crippen LogP contribution is 2.29. The molecule has 9 heteroatoms. The predicted molar refractivity (Wildman–Crippen MR) is 130 cm³/mol. The number of aryl methyl sites for hydroxylation is 1. The van der Waals surface area contributed by atoms with Crippen LogP contribution in [0.5, 0.6) is 0 Å². The third-order valence-electron chi connectivity index (χ3n) is 5.33. The molecule has 0 spiro atoms. The highest BCUT2D eigenvalue weighted by Gasteiger charge is 2.24. The number of anilines is 1. The van der Waals surface area contributed by atoms with Gasteiger partial charge in [-0.15, -0.1) is 0 Å². The van der Waals surface area contributed by atoms with Crippen molar-refractivity contribution in [1.29, 1.82) is 5.41 Å². The van der Waals surface area contributed by atoms with Crippen LogP contribution in [0.15, 0.2) is 41.1 Å². The lowest BCUT2D eigenvalue weighted by Gasteiger charge is -2.27. The number of carbonyl (C=O) groups excluding carboxylic acids is 1. The third-order valence-corrected chi connectivity index (χ3v) is 5.73. The van der Waals surface area contributed by atoms with Gasteiger partial charge in [-0.2, -0.15) is 4.98 Å². The molecule has 0 aliphatic carbocycles. The minimum atomic E-state index is 0.225. The summed E-state index contributed by atoms with van der Waals surface area (Å²) in [6.45, 7) is 7.44. The Hall–Kier alpha value is -3.26. The number of nitrogens with zero attached hydrogens (tertiary/aromatic N) is 4. The van der Waals surface area contributed by atoms with Gasteiger partial charge in [-0.3, -0.25) is 9.78 Å². The zero-order valence-corrected chi connectivity index (χ0v) is 19.8. The van der Waals surface area contributed by atoms with Gasteiger partial charge in [-0.05, 0) is 57.9 Å². The van der Waals surface area contributed by atoms with E-state index < -0.39 is 0 Å². The first-order valence-corrected chi connectivity index (χ1v) is 11.3. The zero-order chi connectivity index (χ0) is 23.8. The van der Waals surface area contributed by atoms with Crippen molar-refractivity contribution in [1.82, 2.24) is 20.0 Å². The monoisotopic (exact) mass is 468 g/mol. The van der Waals surface area contributed by atoms with E-state index in [0.29, 0.717) is 11.7 Å². The largest absolute Gasteiger partial charge is 0.382 e. The first kappa shape index (κ1) is 24.4. The smallest absolute Gasteiger partial charge is 0.258 e. The molecule has 0 atom stereocenters. The molecule has 174 valence electrons. The van der Waals surface area contributed by atoms with Gasteiger partial charge in [-0.25, -0.2) is 0 Å². The van der Waals surface area contributed by atoms with Gasteiger partial charge in [0.2, 0.25) is 6.41 Å². The summed E-state index contributed by atoms with van der Waals surface area (Å²) >= 11 is 5.65.